The van der Waals surface area contributed by atoms with Crippen molar-refractivity contribution in [3.63, 3.8) is 0 Å². The van der Waals surface area contributed by atoms with Crippen LogP contribution in [0, 0.1) is 6.92 Å². The molecule has 0 spiro atoms. The molecule has 1 amide bonds. The van der Waals surface area contributed by atoms with Gasteiger partial charge >= 0.3 is 11.7 Å². The quantitative estimate of drug-likeness (QED) is 0.452. The molecule has 0 radical (unpaired) electrons. The molecule has 1 aromatic heterocycles. The SMILES string of the molecule is Cc1c(C(CC(=O)O)C(N)=O)[nH]c(=O)n(CCCCCl)c1=O. The highest BCUT2D eigenvalue weighted by atomic mass is 35.5. The summed E-state index contributed by atoms with van der Waals surface area (Å²) in [7, 11) is 0. The van der Waals surface area contributed by atoms with Gasteiger partial charge in [0.1, 0.15) is 0 Å². The van der Waals surface area contributed by atoms with Gasteiger partial charge < -0.3 is 15.8 Å². The summed E-state index contributed by atoms with van der Waals surface area (Å²) in [4.78, 5) is 48.9. The van der Waals surface area contributed by atoms with E-state index >= 15 is 0 Å². The maximum atomic E-state index is 12.2. The molecule has 1 heterocycles. The second kappa shape index (κ2) is 7.79. The molecule has 1 atom stereocenters. The monoisotopic (exact) mass is 331 g/mol. The molecule has 0 aliphatic rings. The van der Waals surface area contributed by atoms with Crippen LogP contribution in [-0.2, 0) is 16.1 Å². The number of nitrogens with two attached hydrogens (primary N) is 1. The van der Waals surface area contributed by atoms with Crippen molar-refractivity contribution in [1.29, 1.82) is 0 Å². The summed E-state index contributed by atoms with van der Waals surface area (Å²) in [6.07, 6.45) is 0.610. The van der Waals surface area contributed by atoms with E-state index in [1.807, 2.05) is 0 Å². The fraction of sp³-hybridized carbons (Fsp3) is 0.538. The number of hydrogen-bond donors (Lipinski definition) is 3. The molecule has 0 aliphatic heterocycles. The number of aromatic amines is 1. The molecular weight excluding hydrogens is 314 g/mol. The van der Waals surface area contributed by atoms with E-state index in [1.165, 1.54) is 6.92 Å². The van der Waals surface area contributed by atoms with Gasteiger partial charge in [-0.3, -0.25) is 19.0 Å². The first-order chi connectivity index (χ1) is 10.3. The lowest BCUT2D eigenvalue weighted by Gasteiger charge is -2.15. The van der Waals surface area contributed by atoms with Gasteiger partial charge in [0.25, 0.3) is 5.56 Å². The van der Waals surface area contributed by atoms with Gasteiger partial charge in [-0.05, 0) is 19.8 Å². The van der Waals surface area contributed by atoms with Gasteiger partial charge in [0.2, 0.25) is 5.91 Å². The first-order valence-corrected chi connectivity index (χ1v) is 7.23. The number of halogens is 1. The van der Waals surface area contributed by atoms with Crippen LogP contribution in [-0.4, -0.2) is 32.4 Å². The Bertz CT molecular complexity index is 679. The van der Waals surface area contributed by atoms with Gasteiger partial charge in [-0.25, -0.2) is 4.79 Å². The van der Waals surface area contributed by atoms with Gasteiger partial charge in [-0.2, -0.15) is 0 Å². The van der Waals surface area contributed by atoms with Crippen molar-refractivity contribution in [2.24, 2.45) is 5.73 Å². The van der Waals surface area contributed by atoms with Crippen molar-refractivity contribution in [3.8, 4) is 0 Å². The number of nitrogens with zero attached hydrogens (tertiary/aromatic N) is 1. The maximum absolute atomic E-state index is 12.2. The van der Waals surface area contributed by atoms with Crippen LogP contribution in [0.4, 0.5) is 0 Å². The van der Waals surface area contributed by atoms with E-state index in [4.69, 9.17) is 22.4 Å². The number of alkyl halides is 1. The molecule has 0 bridgehead atoms. The molecule has 0 saturated carbocycles. The number of hydrogen-bond acceptors (Lipinski definition) is 4. The number of H-pyrrole nitrogens is 1. The van der Waals surface area contributed by atoms with E-state index in [9.17, 15) is 19.2 Å². The molecule has 0 aromatic carbocycles. The Morgan fingerprint density at radius 2 is 2.00 bits per heavy atom. The summed E-state index contributed by atoms with van der Waals surface area (Å²) in [6.45, 7) is 1.62. The minimum Gasteiger partial charge on any atom is -0.481 e. The molecule has 22 heavy (non-hydrogen) atoms. The second-order valence-electron chi connectivity index (χ2n) is 4.87. The van der Waals surface area contributed by atoms with Crippen molar-refractivity contribution in [2.75, 3.05) is 5.88 Å². The van der Waals surface area contributed by atoms with Crippen LogP contribution in [0.5, 0.6) is 0 Å². The van der Waals surface area contributed by atoms with Crippen LogP contribution in [0.15, 0.2) is 9.59 Å². The van der Waals surface area contributed by atoms with Crippen LogP contribution in [0.1, 0.15) is 36.4 Å². The lowest BCUT2D eigenvalue weighted by atomic mass is 9.97. The zero-order valence-electron chi connectivity index (χ0n) is 12.1. The maximum Gasteiger partial charge on any atom is 0.328 e. The van der Waals surface area contributed by atoms with Gasteiger partial charge in [0.15, 0.2) is 0 Å². The second-order valence-corrected chi connectivity index (χ2v) is 5.25. The zero-order valence-corrected chi connectivity index (χ0v) is 12.9. The van der Waals surface area contributed by atoms with Gasteiger partial charge in [-0.15, -0.1) is 11.6 Å². The number of nitrogens with one attached hydrogen (secondary N) is 1. The number of primary amides is 1. The predicted molar refractivity (Wildman–Crippen MR) is 80.2 cm³/mol. The Balaban J connectivity index is 3.29. The van der Waals surface area contributed by atoms with Crippen LogP contribution in [0.25, 0.3) is 0 Å². The highest BCUT2D eigenvalue weighted by Gasteiger charge is 2.26. The average Bonchev–Trinajstić information content (AvgIpc) is 2.44. The molecule has 0 fully saturated rings. The summed E-state index contributed by atoms with van der Waals surface area (Å²) in [6, 6.07) is 0. The molecule has 1 rings (SSSR count). The lowest BCUT2D eigenvalue weighted by molar-refractivity contribution is -0.139. The molecule has 4 N–H and O–H groups in total. The van der Waals surface area contributed by atoms with Crippen LogP contribution >= 0.6 is 11.6 Å². The highest BCUT2D eigenvalue weighted by molar-refractivity contribution is 6.17. The van der Waals surface area contributed by atoms with Crippen molar-refractivity contribution in [2.45, 2.75) is 38.6 Å². The van der Waals surface area contributed by atoms with Gasteiger partial charge in [0, 0.05) is 23.7 Å². The summed E-state index contributed by atoms with van der Waals surface area (Å²) in [5, 5.41) is 8.83. The number of carbonyl (C=O) groups excluding carboxylic acids is 1. The third kappa shape index (κ3) is 4.20. The minimum absolute atomic E-state index is 0.0431. The van der Waals surface area contributed by atoms with E-state index in [0.29, 0.717) is 18.7 Å². The normalized spacial score (nSPS) is 12.1. The van der Waals surface area contributed by atoms with E-state index in [2.05, 4.69) is 4.98 Å². The topological polar surface area (TPSA) is 135 Å². The Morgan fingerprint density at radius 1 is 1.36 bits per heavy atom. The molecule has 1 unspecified atom stereocenters. The highest BCUT2D eigenvalue weighted by Crippen LogP contribution is 2.18. The Labute approximate surface area is 130 Å². The number of unbranched alkanes of at least 4 members (excludes halogenated alkanes) is 1. The standard InChI is InChI=1S/C13H18ClN3O5/c1-7-10(8(11(15)20)6-9(18)19)16-13(22)17(12(7)21)5-3-2-4-14/h8H,2-6H2,1H3,(H2,15,20)(H,16,22)(H,18,19). The van der Waals surface area contributed by atoms with E-state index in [0.717, 1.165) is 4.57 Å². The van der Waals surface area contributed by atoms with Gasteiger partial charge in [-0.1, -0.05) is 0 Å². The van der Waals surface area contributed by atoms with Gasteiger partial charge in [0.05, 0.1) is 12.3 Å². The van der Waals surface area contributed by atoms with Crippen molar-refractivity contribution in [3.05, 3.63) is 32.1 Å². The number of aliphatic carboxylic acids is 1. The summed E-state index contributed by atoms with van der Waals surface area (Å²) in [5.74, 6) is -3.00. The zero-order chi connectivity index (χ0) is 16.9. The molecule has 122 valence electrons. The van der Waals surface area contributed by atoms with Crippen LogP contribution in [0.3, 0.4) is 0 Å². The molecule has 8 nitrogen and oxygen atoms in total. The Hall–Kier alpha value is -2.09. The van der Waals surface area contributed by atoms with Crippen molar-refractivity contribution >= 4 is 23.5 Å². The summed E-state index contributed by atoms with van der Waals surface area (Å²) >= 11 is 5.55. The molecule has 9 heteroatoms. The van der Waals surface area contributed by atoms with E-state index < -0.39 is 35.5 Å². The largest absolute Gasteiger partial charge is 0.481 e. The fourth-order valence-corrected chi connectivity index (χ4v) is 2.31. The number of carboxylic acids is 1. The number of carboxylic acid groups (broad SMARTS) is 1. The number of aromatic nitrogens is 2. The predicted octanol–water partition coefficient (Wildman–Crippen LogP) is -0.0924. The molecule has 0 aliphatic carbocycles. The number of rotatable bonds is 8. The van der Waals surface area contributed by atoms with E-state index in [-0.39, 0.29) is 17.8 Å². The number of carbonyl (C=O) groups is 2. The first kappa shape index (κ1) is 18.0. The molecule has 1 aromatic rings. The molecule has 0 saturated heterocycles. The third-order valence-electron chi connectivity index (χ3n) is 3.29. The minimum atomic E-state index is -1.25. The fourth-order valence-electron chi connectivity index (χ4n) is 2.12. The van der Waals surface area contributed by atoms with E-state index in [1.54, 1.807) is 0 Å². The molecular formula is C13H18ClN3O5. The number of amides is 1. The van der Waals surface area contributed by atoms with Crippen molar-refractivity contribution in [1.82, 2.24) is 9.55 Å². The first-order valence-electron chi connectivity index (χ1n) is 6.70. The Kier molecular flexibility index (Phi) is 6.36. The summed E-state index contributed by atoms with van der Waals surface area (Å²) < 4.78 is 1.00. The smallest absolute Gasteiger partial charge is 0.328 e. The van der Waals surface area contributed by atoms with Crippen molar-refractivity contribution < 1.29 is 14.7 Å². The third-order valence-corrected chi connectivity index (χ3v) is 3.56. The lowest BCUT2D eigenvalue weighted by Crippen LogP contribution is -2.40. The van der Waals surface area contributed by atoms with Crippen LogP contribution < -0.4 is 17.0 Å². The average molecular weight is 332 g/mol. The summed E-state index contributed by atoms with van der Waals surface area (Å²) in [5.41, 5.74) is 3.98. The Morgan fingerprint density at radius 3 is 2.50 bits per heavy atom. The van der Waals surface area contributed by atoms with Crippen LogP contribution in [0.2, 0.25) is 0 Å².